The zero-order chi connectivity index (χ0) is 9.24. The summed E-state index contributed by atoms with van der Waals surface area (Å²) in [6.07, 6.45) is 0.912. The van der Waals surface area contributed by atoms with Gasteiger partial charge in [0.05, 0.1) is 17.1 Å². The molecule has 0 bridgehead atoms. The van der Waals surface area contributed by atoms with Gasteiger partial charge < -0.3 is 9.84 Å². The van der Waals surface area contributed by atoms with E-state index in [2.05, 4.69) is 0 Å². The van der Waals surface area contributed by atoms with Crippen molar-refractivity contribution in [3.05, 3.63) is 0 Å². The van der Waals surface area contributed by atoms with Crippen LogP contribution in [0.15, 0.2) is 0 Å². The molecule has 0 radical (unpaired) electrons. The summed E-state index contributed by atoms with van der Waals surface area (Å²) in [4.78, 5) is 0. The van der Waals surface area contributed by atoms with Crippen molar-refractivity contribution in [2.75, 3.05) is 25.2 Å². The molecule has 1 N–H and O–H groups in total. The second kappa shape index (κ2) is 3.32. The molecule has 4 nitrogen and oxygen atoms in total. The molecule has 0 aromatic rings. The topological polar surface area (TPSA) is 63.6 Å². The fraction of sp³-hybridized carbons (Fsp3) is 1.00. The second-order valence-electron chi connectivity index (χ2n) is 3.20. The Balaban J connectivity index is 2.72. The third kappa shape index (κ3) is 1.97. The van der Waals surface area contributed by atoms with Gasteiger partial charge >= 0.3 is 0 Å². The van der Waals surface area contributed by atoms with E-state index in [4.69, 9.17) is 9.84 Å². The number of sulfone groups is 1. The summed E-state index contributed by atoms with van der Waals surface area (Å²) < 4.78 is 27.4. The predicted molar refractivity (Wildman–Crippen MR) is 44.7 cm³/mol. The molecular weight excluding hydrogens is 180 g/mol. The Bertz CT molecular complexity index is 246. The van der Waals surface area contributed by atoms with E-state index in [1.165, 1.54) is 7.11 Å². The van der Waals surface area contributed by atoms with Gasteiger partial charge in [0.25, 0.3) is 0 Å². The van der Waals surface area contributed by atoms with Gasteiger partial charge in [0, 0.05) is 20.1 Å². The first-order chi connectivity index (χ1) is 5.54. The lowest BCUT2D eigenvalue weighted by atomic mass is 10.00. The molecule has 12 heavy (non-hydrogen) atoms. The first-order valence-corrected chi connectivity index (χ1v) is 5.72. The summed E-state index contributed by atoms with van der Waals surface area (Å²) in [6, 6.07) is 0. The van der Waals surface area contributed by atoms with Gasteiger partial charge in [-0.2, -0.15) is 0 Å². The second-order valence-corrected chi connectivity index (χ2v) is 5.39. The summed E-state index contributed by atoms with van der Waals surface area (Å²) in [5, 5.41) is 8.72. The highest BCUT2D eigenvalue weighted by Crippen LogP contribution is 2.29. The van der Waals surface area contributed by atoms with Crippen molar-refractivity contribution in [1.29, 1.82) is 0 Å². The Hall–Kier alpha value is -0.130. The van der Waals surface area contributed by atoms with Crippen LogP contribution < -0.4 is 0 Å². The lowest BCUT2D eigenvalue weighted by Crippen LogP contribution is -2.33. The van der Waals surface area contributed by atoms with Crippen LogP contribution in [-0.4, -0.2) is 44.3 Å². The van der Waals surface area contributed by atoms with E-state index in [0.717, 1.165) is 0 Å². The first-order valence-electron chi connectivity index (χ1n) is 3.90. The molecule has 72 valence electrons. The van der Waals surface area contributed by atoms with Crippen LogP contribution in [0.25, 0.3) is 0 Å². The number of aliphatic hydroxyl groups excluding tert-OH is 1. The third-order valence-corrected chi connectivity index (χ3v) is 4.14. The highest BCUT2D eigenvalue weighted by molar-refractivity contribution is 7.91. The molecule has 1 atom stereocenters. The molecule has 0 spiro atoms. The molecule has 1 rings (SSSR count). The predicted octanol–water partition coefficient (Wildman–Crippen LogP) is -0.427. The minimum atomic E-state index is -2.92. The fourth-order valence-corrected chi connectivity index (χ4v) is 3.59. The SMILES string of the molecule is COC1(CCO)CCS(=O)(=O)C1. The van der Waals surface area contributed by atoms with Crippen LogP contribution in [-0.2, 0) is 14.6 Å². The minimum absolute atomic E-state index is 0.0244. The Kier molecular flexibility index (Phi) is 2.75. The number of methoxy groups -OCH3 is 1. The Morgan fingerprint density at radius 2 is 2.25 bits per heavy atom. The van der Waals surface area contributed by atoms with Crippen molar-refractivity contribution in [1.82, 2.24) is 0 Å². The van der Waals surface area contributed by atoms with Crippen LogP contribution in [0.1, 0.15) is 12.8 Å². The van der Waals surface area contributed by atoms with Gasteiger partial charge in [-0.25, -0.2) is 8.42 Å². The number of aliphatic hydroxyl groups is 1. The van der Waals surface area contributed by atoms with Crippen LogP contribution in [0.3, 0.4) is 0 Å². The molecule has 1 aliphatic rings. The average molecular weight is 194 g/mol. The quantitative estimate of drug-likeness (QED) is 0.662. The lowest BCUT2D eigenvalue weighted by Gasteiger charge is -2.24. The zero-order valence-electron chi connectivity index (χ0n) is 7.12. The molecule has 0 amide bonds. The first kappa shape index (κ1) is 9.95. The summed E-state index contributed by atoms with van der Waals surface area (Å²) in [5.74, 6) is 0.234. The Labute approximate surface area is 72.5 Å². The molecule has 1 heterocycles. The smallest absolute Gasteiger partial charge is 0.153 e. The Morgan fingerprint density at radius 1 is 1.58 bits per heavy atom. The number of hydrogen-bond donors (Lipinski definition) is 1. The van der Waals surface area contributed by atoms with Crippen LogP contribution in [0.5, 0.6) is 0 Å². The van der Waals surface area contributed by atoms with E-state index < -0.39 is 15.4 Å². The molecular formula is C7H14O4S. The molecule has 1 fully saturated rings. The van der Waals surface area contributed by atoms with E-state index in [0.29, 0.717) is 12.8 Å². The van der Waals surface area contributed by atoms with Crippen molar-refractivity contribution in [3.63, 3.8) is 0 Å². The number of ether oxygens (including phenoxy) is 1. The van der Waals surface area contributed by atoms with Crippen LogP contribution in [0.2, 0.25) is 0 Å². The highest BCUT2D eigenvalue weighted by Gasteiger charge is 2.41. The molecule has 0 aromatic heterocycles. The summed E-state index contributed by atoms with van der Waals surface area (Å²) in [5.41, 5.74) is -0.617. The summed E-state index contributed by atoms with van der Waals surface area (Å²) >= 11 is 0. The fourth-order valence-electron chi connectivity index (χ4n) is 1.55. The largest absolute Gasteiger partial charge is 0.396 e. The van der Waals surface area contributed by atoms with Gasteiger partial charge in [-0.05, 0) is 6.42 Å². The molecule has 0 aliphatic carbocycles. The van der Waals surface area contributed by atoms with Gasteiger partial charge in [-0.1, -0.05) is 0 Å². The summed E-state index contributed by atoms with van der Waals surface area (Å²) in [6.45, 7) is -0.0244. The molecule has 1 aliphatic heterocycles. The molecule has 1 saturated heterocycles. The lowest BCUT2D eigenvalue weighted by molar-refractivity contribution is -0.00650. The van der Waals surface area contributed by atoms with E-state index >= 15 is 0 Å². The monoisotopic (exact) mass is 194 g/mol. The number of rotatable bonds is 3. The highest BCUT2D eigenvalue weighted by atomic mass is 32.2. The maximum atomic E-state index is 11.1. The van der Waals surface area contributed by atoms with Crippen molar-refractivity contribution in [2.45, 2.75) is 18.4 Å². The van der Waals surface area contributed by atoms with E-state index in [9.17, 15) is 8.42 Å². The summed E-state index contributed by atoms with van der Waals surface area (Å²) in [7, 11) is -1.43. The van der Waals surface area contributed by atoms with Crippen LogP contribution in [0, 0.1) is 0 Å². The normalized spacial score (nSPS) is 33.8. The molecule has 0 aromatic carbocycles. The van der Waals surface area contributed by atoms with E-state index in [1.807, 2.05) is 0 Å². The van der Waals surface area contributed by atoms with Gasteiger partial charge in [0.2, 0.25) is 0 Å². The van der Waals surface area contributed by atoms with E-state index in [-0.39, 0.29) is 18.1 Å². The third-order valence-electron chi connectivity index (χ3n) is 2.35. The zero-order valence-corrected chi connectivity index (χ0v) is 7.93. The molecule has 0 saturated carbocycles. The maximum Gasteiger partial charge on any atom is 0.153 e. The van der Waals surface area contributed by atoms with Crippen molar-refractivity contribution in [3.8, 4) is 0 Å². The van der Waals surface area contributed by atoms with Crippen LogP contribution in [0.4, 0.5) is 0 Å². The number of hydrogen-bond acceptors (Lipinski definition) is 4. The molecule has 1 unspecified atom stereocenters. The Morgan fingerprint density at radius 3 is 2.58 bits per heavy atom. The van der Waals surface area contributed by atoms with Gasteiger partial charge in [0.15, 0.2) is 9.84 Å². The van der Waals surface area contributed by atoms with E-state index in [1.54, 1.807) is 0 Å². The van der Waals surface area contributed by atoms with Crippen molar-refractivity contribution in [2.24, 2.45) is 0 Å². The van der Waals surface area contributed by atoms with Gasteiger partial charge in [0.1, 0.15) is 0 Å². The van der Waals surface area contributed by atoms with Gasteiger partial charge in [-0.3, -0.25) is 0 Å². The average Bonchev–Trinajstić information content (AvgIpc) is 2.29. The minimum Gasteiger partial charge on any atom is -0.396 e. The van der Waals surface area contributed by atoms with Crippen LogP contribution >= 0.6 is 0 Å². The van der Waals surface area contributed by atoms with Gasteiger partial charge in [-0.15, -0.1) is 0 Å². The standard InChI is InChI=1S/C7H14O4S/c1-11-7(2-4-8)3-5-12(9,10)6-7/h8H,2-6H2,1H3. The maximum absolute atomic E-state index is 11.1. The molecule has 5 heteroatoms. The van der Waals surface area contributed by atoms with Crippen molar-refractivity contribution < 1.29 is 18.3 Å². The van der Waals surface area contributed by atoms with Crippen molar-refractivity contribution >= 4 is 9.84 Å².